The molecule has 94 valence electrons. The summed E-state index contributed by atoms with van der Waals surface area (Å²) in [4.78, 5) is 11.8. The number of phenols is 1. The van der Waals surface area contributed by atoms with Crippen molar-refractivity contribution < 1.29 is 14.6 Å². The van der Waals surface area contributed by atoms with Crippen LogP contribution in [0.3, 0.4) is 0 Å². The van der Waals surface area contributed by atoms with Crippen LogP contribution >= 0.6 is 0 Å². The zero-order valence-corrected chi connectivity index (χ0v) is 10.5. The first-order valence-corrected chi connectivity index (χ1v) is 6.18. The molecule has 1 unspecified atom stereocenters. The predicted octanol–water partition coefficient (Wildman–Crippen LogP) is 3.51. The molecular formula is C14H20O3. The van der Waals surface area contributed by atoms with Gasteiger partial charge in [-0.2, -0.15) is 0 Å². The molecule has 3 nitrogen and oxygen atoms in total. The van der Waals surface area contributed by atoms with E-state index in [0.717, 1.165) is 25.7 Å². The Morgan fingerprint density at radius 2 is 1.94 bits per heavy atom. The van der Waals surface area contributed by atoms with Crippen molar-refractivity contribution in [2.24, 2.45) is 5.92 Å². The van der Waals surface area contributed by atoms with Crippen LogP contribution in [0.5, 0.6) is 11.5 Å². The van der Waals surface area contributed by atoms with E-state index in [9.17, 15) is 4.79 Å². The van der Waals surface area contributed by atoms with Gasteiger partial charge in [0, 0.05) is 0 Å². The highest BCUT2D eigenvalue weighted by Gasteiger charge is 2.17. The summed E-state index contributed by atoms with van der Waals surface area (Å²) in [5.74, 6) is 0.459. The molecule has 1 aromatic carbocycles. The van der Waals surface area contributed by atoms with Crippen molar-refractivity contribution in [1.82, 2.24) is 0 Å². The van der Waals surface area contributed by atoms with E-state index in [1.165, 1.54) is 12.1 Å². The van der Waals surface area contributed by atoms with Gasteiger partial charge < -0.3 is 9.84 Å². The van der Waals surface area contributed by atoms with Crippen LogP contribution < -0.4 is 4.74 Å². The lowest BCUT2D eigenvalue weighted by molar-refractivity contribution is -0.139. The van der Waals surface area contributed by atoms with Crippen LogP contribution in [0.15, 0.2) is 24.3 Å². The standard InChI is InChI=1S/C14H20O3/c1-3-5-6-11(4-2)14(16)17-13-9-7-12(15)8-10-13/h7-11,15H,3-6H2,1-2H3. The maximum atomic E-state index is 11.8. The summed E-state index contributed by atoms with van der Waals surface area (Å²) in [6, 6.07) is 6.21. The molecule has 1 atom stereocenters. The normalized spacial score (nSPS) is 12.1. The second-order valence-corrected chi connectivity index (χ2v) is 4.16. The zero-order chi connectivity index (χ0) is 12.7. The minimum atomic E-state index is -0.174. The summed E-state index contributed by atoms with van der Waals surface area (Å²) in [7, 11) is 0. The first-order valence-electron chi connectivity index (χ1n) is 6.18. The third-order valence-corrected chi connectivity index (χ3v) is 2.79. The molecule has 0 aliphatic heterocycles. The molecule has 0 saturated carbocycles. The highest BCUT2D eigenvalue weighted by molar-refractivity contribution is 5.75. The number of hydrogen-bond acceptors (Lipinski definition) is 3. The van der Waals surface area contributed by atoms with Gasteiger partial charge in [0.2, 0.25) is 0 Å². The minimum absolute atomic E-state index is 0.0243. The molecule has 0 spiro atoms. The van der Waals surface area contributed by atoms with Gasteiger partial charge in [-0.25, -0.2) is 0 Å². The molecule has 0 amide bonds. The molecule has 0 bridgehead atoms. The van der Waals surface area contributed by atoms with Crippen molar-refractivity contribution >= 4 is 5.97 Å². The van der Waals surface area contributed by atoms with Crippen molar-refractivity contribution in [3.8, 4) is 11.5 Å². The van der Waals surface area contributed by atoms with E-state index in [1.807, 2.05) is 6.92 Å². The van der Waals surface area contributed by atoms with E-state index in [1.54, 1.807) is 12.1 Å². The third-order valence-electron chi connectivity index (χ3n) is 2.79. The topological polar surface area (TPSA) is 46.5 Å². The van der Waals surface area contributed by atoms with Gasteiger partial charge in [-0.05, 0) is 37.1 Å². The average Bonchev–Trinajstić information content (AvgIpc) is 2.33. The lowest BCUT2D eigenvalue weighted by Gasteiger charge is -2.13. The Kier molecular flexibility index (Phi) is 5.53. The highest BCUT2D eigenvalue weighted by Crippen LogP contribution is 2.20. The maximum Gasteiger partial charge on any atom is 0.314 e. The monoisotopic (exact) mass is 236 g/mol. The predicted molar refractivity (Wildman–Crippen MR) is 67.0 cm³/mol. The van der Waals surface area contributed by atoms with Crippen LogP contribution in [0.2, 0.25) is 0 Å². The number of aromatic hydroxyl groups is 1. The number of phenolic OH excluding ortho intramolecular Hbond substituents is 1. The number of ether oxygens (including phenoxy) is 1. The van der Waals surface area contributed by atoms with Crippen LogP contribution in [0.4, 0.5) is 0 Å². The van der Waals surface area contributed by atoms with Gasteiger partial charge in [0.05, 0.1) is 5.92 Å². The summed E-state index contributed by atoms with van der Waals surface area (Å²) in [5, 5.41) is 9.12. The average molecular weight is 236 g/mol. The van der Waals surface area contributed by atoms with Gasteiger partial charge in [-0.3, -0.25) is 4.79 Å². The molecule has 0 aliphatic rings. The number of rotatable bonds is 6. The Hall–Kier alpha value is -1.51. The van der Waals surface area contributed by atoms with Gasteiger partial charge in [-0.1, -0.05) is 26.7 Å². The molecule has 0 heterocycles. The SMILES string of the molecule is CCCCC(CC)C(=O)Oc1ccc(O)cc1. The van der Waals surface area contributed by atoms with E-state index in [0.29, 0.717) is 5.75 Å². The second-order valence-electron chi connectivity index (χ2n) is 4.16. The van der Waals surface area contributed by atoms with E-state index < -0.39 is 0 Å². The fourth-order valence-corrected chi connectivity index (χ4v) is 1.65. The summed E-state index contributed by atoms with van der Waals surface area (Å²) >= 11 is 0. The maximum absolute atomic E-state index is 11.8. The molecule has 1 rings (SSSR count). The van der Waals surface area contributed by atoms with Crippen LogP contribution in [-0.2, 0) is 4.79 Å². The van der Waals surface area contributed by atoms with Crippen molar-refractivity contribution in [2.45, 2.75) is 39.5 Å². The first kappa shape index (κ1) is 13.6. The molecule has 0 aliphatic carbocycles. The van der Waals surface area contributed by atoms with Crippen molar-refractivity contribution in [3.05, 3.63) is 24.3 Å². The fraction of sp³-hybridized carbons (Fsp3) is 0.500. The second kappa shape index (κ2) is 6.94. The Morgan fingerprint density at radius 3 is 2.47 bits per heavy atom. The van der Waals surface area contributed by atoms with Gasteiger partial charge >= 0.3 is 5.97 Å². The Labute approximate surface area is 102 Å². The van der Waals surface area contributed by atoms with Gasteiger partial charge in [0.15, 0.2) is 0 Å². The van der Waals surface area contributed by atoms with Gasteiger partial charge in [-0.15, -0.1) is 0 Å². The van der Waals surface area contributed by atoms with Crippen LogP contribution in [0.1, 0.15) is 39.5 Å². The number of benzene rings is 1. The van der Waals surface area contributed by atoms with E-state index in [-0.39, 0.29) is 17.6 Å². The highest BCUT2D eigenvalue weighted by atomic mass is 16.5. The zero-order valence-electron chi connectivity index (χ0n) is 10.5. The van der Waals surface area contributed by atoms with E-state index >= 15 is 0 Å². The molecule has 1 aromatic rings. The molecule has 0 radical (unpaired) electrons. The smallest absolute Gasteiger partial charge is 0.314 e. The summed E-state index contributed by atoms with van der Waals surface area (Å²) in [5.41, 5.74) is 0. The number of hydrogen-bond donors (Lipinski definition) is 1. The number of unbranched alkanes of at least 4 members (excludes halogenated alkanes) is 1. The van der Waals surface area contributed by atoms with Crippen LogP contribution in [-0.4, -0.2) is 11.1 Å². The summed E-state index contributed by atoms with van der Waals surface area (Å²) < 4.78 is 5.27. The fourth-order valence-electron chi connectivity index (χ4n) is 1.65. The molecule has 0 fully saturated rings. The molecule has 1 N–H and O–H groups in total. The number of esters is 1. The van der Waals surface area contributed by atoms with Crippen molar-refractivity contribution in [3.63, 3.8) is 0 Å². The molecule has 0 aromatic heterocycles. The molecule has 3 heteroatoms. The van der Waals surface area contributed by atoms with E-state index in [4.69, 9.17) is 9.84 Å². The number of carbonyl (C=O) groups is 1. The van der Waals surface area contributed by atoms with Crippen molar-refractivity contribution in [2.75, 3.05) is 0 Å². The van der Waals surface area contributed by atoms with Crippen LogP contribution in [0, 0.1) is 5.92 Å². The Morgan fingerprint density at radius 1 is 1.29 bits per heavy atom. The van der Waals surface area contributed by atoms with Crippen LogP contribution in [0.25, 0.3) is 0 Å². The summed E-state index contributed by atoms with van der Waals surface area (Å²) in [6.45, 7) is 4.11. The van der Waals surface area contributed by atoms with Crippen molar-refractivity contribution in [1.29, 1.82) is 0 Å². The minimum Gasteiger partial charge on any atom is -0.508 e. The molecule has 0 saturated heterocycles. The third kappa shape index (κ3) is 4.47. The Bertz CT molecular complexity index is 343. The first-order chi connectivity index (χ1) is 8.17. The lowest BCUT2D eigenvalue weighted by atomic mass is 10.00. The Balaban J connectivity index is 2.54. The van der Waals surface area contributed by atoms with Gasteiger partial charge in [0.25, 0.3) is 0 Å². The lowest BCUT2D eigenvalue weighted by Crippen LogP contribution is -2.19. The van der Waals surface area contributed by atoms with E-state index in [2.05, 4.69) is 6.92 Å². The van der Waals surface area contributed by atoms with Gasteiger partial charge in [0.1, 0.15) is 11.5 Å². The largest absolute Gasteiger partial charge is 0.508 e. The molecular weight excluding hydrogens is 216 g/mol. The quantitative estimate of drug-likeness (QED) is 0.607. The summed E-state index contributed by atoms with van der Waals surface area (Å²) in [6.07, 6.45) is 3.81. The molecule has 17 heavy (non-hydrogen) atoms. The number of carbonyl (C=O) groups excluding carboxylic acids is 1.